The van der Waals surface area contributed by atoms with Gasteiger partial charge in [-0.05, 0) is 60.1 Å². The Morgan fingerprint density at radius 3 is 2.02 bits per heavy atom. The van der Waals surface area contributed by atoms with Crippen molar-refractivity contribution in [3.8, 4) is 17.1 Å². The Labute approximate surface area is 272 Å². The summed E-state index contributed by atoms with van der Waals surface area (Å²) in [7, 11) is 0.438. The monoisotopic (exact) mass is 628 g/mol. The summed E-state index contributed by atoms with van der Waals surface area (Å²) < 4.78 is 18.1. The van der Waals surface area contributed by atoms with Crippen LogP contribution in [0.4, 0.5) is 0 Å². The largest absolute Gasteiger partial charge is 0.453 e. The molecule has 5 nitrogen and oxygen atoms in total. The van der Waals surface area contributed by atoms with E-state index in [1.165, 1.54) is 39.0 Å². The number of rotatable bonds is 6. The Morgan fingerprint density at radius 2 is 1.39 bits per heavy atom. The van der Waals surface area contributed by atoms with Crippen LogP contribution in [-0.2, 0) is 7.05 Å². The molecule has 0 spiro atoms. The average Bonchev–Trinajstić information content (AvgIpc) is 3.68. The Morgan fingerprint density at radius 1 is 0.761 bits per heavy atom. The highest BCUT2D eigenvalue weighted by Crippen LogP contribution is 2.43. The summed E-state index contributed by atoms with van der Waals surface area (Å²) in [6.45, 7) is 22.9. The molecule has 4 aromatic carbocycles. The first-order chi connectivity index (χ1) is 21.8. The third-order valence-corrected chi connectivity index (χ3v) is 11.1. The number of oxazole rings is 1. The first-order valence-electron chi connectivity index (χ1n) is 16.7. The van der Waals surface area contributed by atoms with E-state index in [0.29, 0.717) is 17.8 Å². The molecule has 3 heterocycles. The number of hydrogen-bond acceptors (Lipinski definition) is 3. The highest BCUT2D eigenvalue weighted by Gasteiger charge is 2.34. The molecule has 0 atom stereocenters. The second-order valence-electron chi connectivity index (χ2n) is 15.0. The second kappa shape index (κ2) is 10.7. The van der Waals surface area contributed by atoms with Crippen molar-refractivity contribution >= 4 is 57.7 Å². The molecule has 0 aliphatic rings. The molecule has 0 unspecified atom stereocenters. The number of nitrogens with zero attached hydrogens (tertiary/aromatic N) is 3. The Kier molecular flexibility index (Phi) is 7.09. The van der Waals surface area contributed by atoms with E-state index in [1.807, 2.05) is 0 Å². The van der Waals surface area contributed by atoms with Crippen LogP contribution in [0.25, 0.3) is 61.1 Å². The van der Waals surface area contributed by atoms with Crippen LogP contribution in [0.2, 0.25) is 19.6 Å². The summed E-state index contributed by atoms with van der Waals surface area (Å²) in [6, 6.07) is 22.3. The highest BCUT2D eigenvalue weighted by molar-refractivity contribution is 6.87. The molecule has 3 aromatic heterocycles. The lowest BCUT2D eigenvalue weighted by atomic mass is 9.87. The summed E-state index contributed by atoms with van der Waals surface area (Å²) in [5, 5.41) is 2.16. The third kappa shape index (κ3) is 4.56. The molecule has 0 aliphatic carbocycles. The van der Waals surface area contributed by atoms with Gasteiger partial charge in [0.2, 0.25) is 0 Å². The van der Waals surface area contributed by atoms with Gasteiger partial charge >= 0.3 is 0 Å². The minimum atomic E-state index is -1.75. The van der Waals surface area contributed by atoms with Crippen LogP contribution in [-0.4, -0.2) is 17.6 Å². The van der Waals surface area contributed by atoms with Gasteiger partial charge in [-0.1, -0.05) is 97.6 Å². The van der Waals surface area contributed by atoms with Crippen LogP contribution in [0.5, 0.6) is 0 Å². The lowest BCUT2D eigenvalue weighted by Crippen LogP contribution is -2.38. The third-order valence-electron chi connectivity index (χ3n) is 9.58. The van der Waals surface area contributed by atoms with Gasteiger partial charge in [0, 0.05) is 21.9 Å². The molecule has 0 radical (unpaired) electrons. The average molecular weight is 629 g/mol. The number of furan rings is 1. The maximum Gasteiger partial charge on any atom is 0.299 e. The van der Waals surface area contributed by atoms with Gasteiger partial charge < -0.3 is 8.83 Å². The van der Waals surface area contributed by atoms with Gasteiger partial charge in [0.1, 0.15) is 19.3 Å². The van der Waals surface area contributed by atoms with E-state index in [2.05, 4.69) is 145 Å². The minimum Gasteiger partial charge on any atom is -0.453 e. The molecule has 236 valence electrons. The van der Waals surface area contributed by atoms with Gasteiger partial charge in [0.15, 0.2) is 38.8 Å². The fraction of sp³-hybridized carbons (Fsp3) is 0.350. The molecule has 7 aromatic rings. The zero-order valence-electron chi connectivity index (χ0n) is 29.2. The predicted molar refractivity (Wildman–Crippen MR) is 195 cm³/mol. The molecular weight excluding hydrogens is 583 g/mol. The summed E-state index contributed by atoms with van der Waals surface area (Å²) in [5.41, 5.74) is 14.2. The maximum atomic E-state index is 6.97. The minimum absolute atomic E-state index is 0.342. The van der Waals surface area contributed by atoms with E-state index in [4.69, 9.17) is 13.8 Å². The van der Waals surface area contributed by atoms with Crippen molar-refractivity contribution in [2.75, 3.05) is 0 Å². The van der Waals surface area contributed by atoms with Crippen molar-refractivity contribution in [3.05, 3.63) is 82.9 Å². The van der Waals surface area contributed by atoms with E-state index >= 15 is 0 Å². The number of benzene rings is 4. The van der Waals surface area contributed by atoms with Crippen molar-refractivity contribution in [3.63, 3.8) is 0 Å². The van der Waals surface area contributed by atoms with Crippen molar-refractivity contribution in [1.29, 1.82) is 0 Å². The molecule has 0 N–H and O–H groups in total. The van der Waals surface area contributed by atoms with Crippen LogP contribution in [0.15, 0.2) is 69.5 Å². The van der Waals surface area contributed by atoms with Crippen molar-refractivity contribution in [2.24, 2.45) is 7.05 Å². The van der Waals surface area contributed by atoms with E-state index < -0.39 is 8.07 Å². The number of hydrogen-bond donors (Lipinski definition) is 0. The first-order valence-corrected chi connectivity index (χ1v) is 20.2. The molecule has 0 saturated carbocycles. The normalized spacial score (nSPS) is 12.8. The fourth-order valence-electron chi connectivity index (χ4n) is 6.98. The number of aromatic nitrogens is 3. The molecule has 0 fully saturated rings. The SMILES string of the molecule is Cc1ccc2c(oc3c2ccc2oc([Si](C)(C)C)nc23)c1-c1n(-c2c(C(C)C)cc(C(C)C)cc2C(C)C)c2ccccc2[n+]1C. The molecule has 6 heteroatoms. The molecule has 0 amide bonds. The van der Waals surface area contributed by atoms with E-state index in [9.17, 15) is 0 Å². The molecule has 0 aliphatic heterocycles. The Balaban J connectivity index is 1.64. The van der Waals surface area contributed by atoms with E-state index in [1.54, 1.807) is 0 Å². The standard InChI is InChI=1S/C40H46N3O2Si/c1-22(2)26-20-29(23(3)4)36(30(21-26)24(5)6)43-32-15-13-12-14-31(32)42(8)39(43)34-25(7)16-17-27-28-18-19-33-35(38(28)45-37(27)34)41-40(44-33)46(9,10)11/h12-24H,1-11H3/q+1. The van der Waals surface area contributed by atoms with E-state index in [0.717, 1.165) is 49.9 Å². The lowest BCUT2D eigenvalue weighted by molar-refractivity contribution is -0.633. The van der Waals surface area contributed by atoms with Crippen LogP contribution >= 0.6 is 0 Å². The van der Waals surface area contributed by atoms with Gasteiger partial charge in [-0.3, -0.25) is 0 Å². The van der Waals surface area contributed by atoms with Crippen molar-refractivity contribution in [1.82, 2.24) is 9.55 Å². The van der Waals surface area contributed by atoms with Crippen LogP contribution in [0.3, 0.4) is 0 Å². The maximum absolute atomic E-state index is 6.97. The van der Waals surface area contributed by atoms with Gasteiger partial charge in [-0.15, -0.1) is 0 Å². The zero-order chi connectivity index (χ0) is 32.8. The number of imidazole rings is 1. The van der Waals surface area contributed by atoms with Gasteiger partial charge in [0.25, 0.3) is 5.82 Å². The summed E-state index contributed by atoms with van der Waals surface area (Å²) in [6.07, 6.45) is 0. The summed E-state index contributed by atoms with van der Waals surface area (Å²) in [4.78, 5) is 5.02. The van der Waals surface area contributed by atoms with Gasteiger partial charge in [-0.25, -0.2) is 9.55 Å². The summed E-state index contributed by atoms with van der Waals surface area (Å²) >= 11 is 0. The topological polar surface area (TPSA) is 48.0 Å². The molecule has 0 bridgehead atoms. The van der Waals surface area contributed by atoms with Gasteiger partial charge in [-0.2, -0.15) is 4.57 Å². The number of aryl methyl sites for hydroxylation is 2. The zero-order valence-corrected chi connectivity index (χ0v) is 30.2. The van der Waals surface area contributed by atoms with Crippen molar-refractivity contribution < 1.29 is 13.4 Å². The van der Waals surface area contributed by atoms with E-state index in [-0.39, 0.29) is 0 Å². The Bertz CT molecular complexity index is 2280. The smallest absolute Gasteiger partial charge is 0.299 e. The van der Waals surface area contributed by atoms with Gasteiger partial charge in [0.05, 0.1) is 7.05 Å². The first kappa shape index (κ1) is 30.5. The molecule has 46 heavy (non-hydrogen) atoms. The molecule has 7 rings (SSSR count). The molecular formula is C40H46N3O2Si+. The highest BCUT2D eigenvalue weighted by atomic mass is 28.3. The molecule has 0 saturated heterocycles. The lowest BCUT2D eigenvalue weighted by Gasteiger charge is -2.21. The predicted octanol–water partition coefficient (Wildman–Crippen LogP) is 10.4. The van der Waals surface area contributed by atoms with Crippen LogP contribution in [0, 0.1) is 6.92 Å². The Hall–Kier alpha value is -4.16. The second-order valence-corrected chi connectivity index (χ2v) is 19.9. The number of fused-ring (bicyclic) bond motifs is 6. The quantitative estimate of drug-likeness (QED) is 0.136. The number of para-hydroxylation sites is 2. The van der Waals surface area contributed by atoms with Crippen LogP contribution < -0.4 is 10.1 Å². The van der Waals surface area contributed by atoms with Crippen LogP contribution in [0.1, 0.15) is 81.5 Å². The van der Waals surface area contributed by atoms with Crippen molar-refractivity contribution in [2.45, 2.75) is 85.9 Å². The summed E-state index contributed by atoms with van der Waals surface area (Å²) in [5.74, 6) is 2.25. The fourth-order valence-corrected chi connectivity index (χ4v) is 7.85.